The molecule has 0 radical (unpaired) electrons. The third kappa shape index (κ3) is 2.44. The van der Waals surface area contributed by atoms with Gasteiger partial charge in [0.15, 0.2) is 0 Å². The lowest BCUT2D eigenvalue weighted by Gasteiger charge is -2.15. The Morgan fingerprint density at radius 1 is 1.33 bits per heavy atom. The Morgan fingerprint density at radius 2 is 2.17 bits per heavy atom. The van der Waals surface area contributed by atoms with E-state index < -0.39 is 5.67 Å². The lowest BCUT2D eigenvalue weighted by atomic mass is 10.0. The van der Waals surface area contributed by atoms with E-state index in [1.54, 1.807) is 11.3 Å². The van der Waals surface area contributed by atoms with Crippen molar-refractivity contribution >= 4 is 11.3 Å². The van der Waals surface area contributed by atoms with Crippen LogP contribution in [0.2, 0.25) is 0 Å². The zero-order valence-electron chi connectivity index (χ0n) is 10.0. The molecule has 2 aromatic rings. The molecule has 1 atom stereocenters. The Balaban J connectivity index is 1.78. The zero-order valence-corrected chi connectivity index (χ0v) is 10.8. The molecule has 1 aromatic carbocycles. The summed E-state index contributed by atoms with van der Waals surface area (Å²) in [5.41, 5.74) is 0.939. The molecule has 0 saturated carbocycles. The van der Waals surface area contributed by atoms with Crippen molar-refractivity contribution in [3.05, 3.63) is 40.7 Å². The van der Waals surface area contributed by atoms with Crippen molar-refractivity contribution < 1.29 is 4.39 Å². The van der Waals surface area contributed by atoms with Gasteiger partial charge in [0.05, 0.1) is 10.7 Å². The van der Waals surface area contributed by atoms with E-state index in [0.29, 0.717) is 19.4 Å². The van der Waals surface area contributed by atoms with Gasteiger partial charge in [-0.1, -0.05) is 30.3 Å². The molecule has 0 aliphatic carbocycles. The average molecular weight is 262 g/mol. The van der Waals surface area contributed by atoms with Crippen LogP contribution in [-0.4, -0.2) is 23.7 Å². The Kier molecular flexibility index (Phi) is 3.14. The first-order chi connectivity index (χ1) is 8.75. The van der Waals surface area contributed by atoms with Gasteiger partial charge in [0, 0.05) is 23.9 Å². The summed E-state index contributed by atoms with van der Waals surface area (Å²) in [6.45, 7) is 1.22. The quantitative estimate of drug-likeness (QED) is 0.919. The van der Waals surface area contributed by atoms with E-state index in [1.807, 2.05) is 35.7 Å². The van der Waals surface area contributed by atoms with Gasteiger partial charge in [-0.15, -0.1) is 11.3 Å². The number of aromatic nitrogens is 1. The lowest BCUT2D eigenvalue weighted by molar-refractivity contribution is 0.190. The van der Waals surface area contributed by atoms with Crippen LogP contribution in [0.5, 0.6) is 0 Å². The van der Waals surface area contributed by atoms with Crippen molar-refractivity contribution in [1.29, 1.82) is 0 Å². The van der Waals surface area contributed by atoms with Gasteiger partial charge in [0.2, 0.25) is 0 Å². The summed E-state index contributed by atoms with van der Waals surface area (Å²) < 4.78 is 14.3. The number of benzene rings is 1. The lowest BCUT2D eigenvalue weighted by Crippen LogP contribution is -2.28. The van der Waals surface area contributed by atoms with Crippen LogP contribution in [0.15, 0.2) is 35.7 Å². The van der Waals surface area contributed by atoms with Gasteiger partial charge in [0.1, 0.15) is 5.67 Å². The van der Waals surface area contributed by atoms with Gasteiger partial charge in [-0.2, -0.15) is 0 Å². The standard InChI is InChI=1S/C14H15FN2S/c15-14(6-7-16-10-14)8-13-17-12(9-18-13)11-4-2-1-3-5-11/h1-5,9,16H,6-8,10H2. The monoisotopic (exact) mass is 262 g/mol. The minimum Gasteiger partial charge on any atom is -0.313 e. The van der Waals surface area contributed by atoms with Crippen molar-refractivity contribution in [2.75, 3.05) is 13.1 Å². The molecule has 2 nitrogen and oxygen atoms in total. The summed E-state index contributed by atoms with van der Waals surface area (Å²) in [6.07, 6.45) is 1.02. The predicted molar refractivity (Wildman–Crippen MR) is 72.6 cm³/mol. The maximum absolute atomic E-state index is 14.3. The summed E-state index contributed by atoms with van der Waals surface area (Å²) in [4.78, 5) is 4.54. The molecule has 3 rings (SSSR count). The number of rotatable bonds is 3. The maximum Gasteiger partial charge on any atom is 0.130 e. The second-order valence-electron chi connectivity index (χ2n) is 4.75. The fourth-order valence-electron chi connectivity index (χ4n) is 2.27. The first-order valence-electron chi connectivity index (χ1n) is 6.15. The molecule has 1 fully saturated rings. The highest BCUT2D eigenvalue weighted by Gasteiger charge is 2.34. The molecule has 94 valence electrons. The number of alkyl halides is 1. The Morgan fingerprint density at radius 3 is 2.89 bits per heavy atom. The van der Waals surface area contributed by atoms with Crippen LogP contribution in [0.4, 0.5) is 4.39 Å². The average Bonchev–Trinajstić information content (AvgIpc) is 3.00. The van der Waals surface area contributed by atoms with E-state index in [2.05, 4.69) is 10.3 Å². The van der Waals surface area contributed by atoms with Gasteiger partial charge in [-0.3, -0.25) is 0 Å². The summed E-state index contributed by atoms with van der Waals surface area (Å²) >= 11 is 1.55. The van der Waals surface area contributed by atoms with Crippen LogP contribution in [-0.2, 0) is 6.42 Å². The molecule has 1 unspecified atom stereocenters. The zero-order chi connectivity index (χ0) is 12.4. The van der Waals surface area contributed by atoms with Crippen LogP contribution in [0, 0.1) is 0 Å². The first-order valence-corrected chi connectivity index (χ1v) is 7.03. The molecular formula is C14H15FN2S. The molecule has 0 spiro atoms. The fraction of sp³-hybridized carbons (Fsp3) is 0.357. The number of nitrogens with one attached hydrogen (secondary N) is 1. The van der Waals surface area contributed by atoms with Crippen LogP contribution < -0.4 is 5.32 Å². The molecule has 0 bridgehead atoms. The third-order valence-corrected chi connectivity index (χ3v) is 4.13. The summed E-state index contributed by atoms with van der Waals surface area (Å²) in [7, 11) is 0. The molecule has 1 N–H and O–H groups in total. The minimum atomic E-state index is -1.11. The Labute approximate surface area is 110 Å². The topological polar surface area (TPSA) is 24.9 Å². The Bertz CT molecular complexity index is 518. The van der Waals surface area contributed by atoms with E-state index in [-0.39, 0.29) is 0 Å². The Hall–Kier alpha value is -1.26. The summed E-state index contributed by atoms with van der Waals surface area (Å²) in [5, 5.41) is 5.97. The van der Waals surface area contributed by atoms with Crippen molar-refractivity contribution in [3.8, 4) is 11.3 Å². The minimum absolute atomic E-state index is 0.428. The molecule has 4 heteroatoms. The SMILES string of the molecule is FC1(Cc2nc(-c3ccccc3)cs2)CCNC1. The van der Waals surface area contributed by atoms with E-state index in [1.165, 1.54) is 0 Å². The number of nitrogens with zero attached hydrogens (tertiary/aromatic N) is 1. The van der Waals surface area contributed by atoms with E-state index in [9.17, 15) is 4.39 Å². The highest BCUT2D eigenvalue weighted by molar-refractivity contribution is 7.09. The van der Waals surface area contributed by atoms with Gasteiger partial charge >= 0.3 is 0 Å². The molecule has 1 saturated heterocycles. The van der Waals surface area contributed by atoms with Crippen molar-refractivity contribution in [1.82, 2.24) is 10.3 Å². The van der Waals surface area contributed by atoms with Crippen molar-refractivity contribution in [2.45, 2.75) is 18.5 Å². The van der Waals surface area contributed by atoms with Crippen LogP contribution in [0.1, 0.15) is 11.4 Å². The van der Waals surface area contributed by atoms with Gasteiger partial charge in [-0.25, -0.2) is 9.37 Å². The number of hydrogen-bond acceptors (Lipinski definition) is 3. The predicted octanol–water partition coefficient (Wildman–Crippen LogP) is 3.05. The normalized spacial score (nSPS) is 23.4. The number of halogens is 1. The first kappa shape index (κ1) is 11.8. The van der Waals surface area contributed by atoms with Gasteiger partial charge in [-0.05, 0) is 13.0 Å². The van der Waals surface area contributed by atoms with Crippen LogP contribution in [0.25, 0.3) is 11.3 Å². The molecule has 1 aliphatic rings. The largest absolute Gasteiger partial charge is 0.313 e. The molecular weight excluding hydrogens is 247 g/mol. The molecule has 1 aliphatic heterocycles. The molecule has 18 heavy (non-hydrogen) atoms. The highest BCUT2D eigenvalue weighted by Crippen LogP contribution is 2.28. The summed E-state index contributed by atoms with van der Waals surface area (Å²) in [6, 6.07) is 10.0. The summed E-state index contributed by atoms with van der Waals surface area (Å²) in [5.74, 6) is 0. The van der Waals surface area contributed by atoms with E-state index >= 15 is 0 Å². The fourth-order valence-corrected chi connectivity index (χ4v) is 3.20. The smallest absolute Gasteiger partial charge is 0.130 e. The van der Waals surface area contributed by atoms with E-state index in [0.717, 1.165) is 22.8 Å². The number of thiazole rings is 1. The second-order valence-corrected chi connectivity index (χ2v) is 5.69. The van der Waals surface area contributed by atoms with Crippen LogP contribution in [0.3, 0.4) is 0 Å². The third-order valence-electron chi connectivity index (χ3n) is 3.28. The maximum atomic E-state index is 14.3. The molecule has 0 amide bonds. The van der Waals surface area contributed by atoms with Gasteiger partial charge in [0.25, 0.3) is 0 Å². The van der Waals surface area contributed by atoms with Gasteiger partial charge < -0.3 is 5.32 Å². The molecule has 1 aromatic heterocycles. The molecule has 2 heterocycles. The van der Waals surface area contributed by atoms with Crippen LogP contribution >= 0.6 is 11.3 Å². The van der Waals surface area contributed by atoms with Crippen molar-refractivity contribution in [2.24, 2.45) is 0 Å². The second kappa shape index (κ2) is 4.78. The van der Waals surface area contributed by atoms with E-state index in [4.69, 9.17) is 0 Å². The van der Waals surface area contributed by atoms with Crippen molar-refractivity contribution in [3.63, 3.8) is 0 Å². The number of hydrogen-bond donors (Lipinski definition) is 1. The highest BCUT2D eigenvalue weighted by atomic mass is 32.1.